The van der Waals surface area contributed by atoms with Crippen LogP contribution in [0.5, 0.6) is 0 Å². The number of benzene rings is 1. The van der Waals surface area contributed by atoms with Crippen molar-refractivity contribution in [1.29, 1.82) is 0 Å². The van der Waals surface area contributed by atoms with Crippen LogP contribution in [0.2, 0.25) is 0 Å². The van der Waals surface area contributed by atoms with Gasteiger partial charge in [-0.05, 0) is 19.9 Å². The van der Waals surface area contributed by atoms with Crippen molar-refractivity contribution in [2.45, 2.75) is 19.9 Å². The molecule has 1 aromatic carbocycles. The van der Waals surface area contributed by atoms with Gasteiger partial charge in [0.25, 0.3) is 0 Å². The van der Waals surface area contributed by atoms with E-state index in [0.29, 0.717) is 5.76 Å². The van der Waals surface area contributed by atoms with Crippen LogP contribution in [0.25, 0.3) is 11.0 Å². The number of rotatable bonds is 3. The molecule has 23 heavy (non-hydrogen) atoms. The highest BCUT2D eigenvalue weighted by molar-refractivity contribution is 5.88. The van der Waals surface area contributed by atoms with Gasteiger partial charge in [0.2, 0.25) is 5.95 Å². The first-order chi connectivity index (χ1) is 11.0. The molecule has 1 atom stereocenters. The van der Waals surface area contributed by atoms with Crippen LogP contribution >= 0.6 is 0 Å². The van der Waals surface area contributed by atoms with Gasteiger partial charge in [-0.1, -0.05) is 18.2 Å². The van der Waals surface area contributed by atoms with Gasteiger partial charge in [0.1, 0.15) is 11.3 Å². The molecule has 0 aliphatic rings. The molecule has 2 amide bonds. The van der Waals surface area contributed by atoms with Gasteiger partial charge in [0.15, 0.2) is 5.82 Å². The standard InChI is InChI=1S/C16H17FN4O2/c1-9-11-6-4-5-7-12(11)23-15(9)10(2)18-16(22)19-14-8-13(17)21(3)20-14/h4-8,10H,1-3H3,(H2,18,19,20,22)/t10-/m1/s1. The lowest BCUT2D eigenvalue weighted by atomic mass is 10.1. The van der Waals surface area contributed by atoms with E-state index in [1.54, 1.807) is 0 Å². The topological polar surface area (TPSA) is 72.1 Å². The Morgan fingerprint density at radius 3 is 2.78 bits per heavy atom. The van der Waals surface area contributed by atoms with E-state index in [1.165, 1.54) is 7.05 Å². The van der Waals surface area contributed by atoms with Gasteiger partial charge >= 0.3 is 6.03 Å². The quantitative estimate of drug-likeness (QED) is 0.777. The molecule has 0 aliphatic carbocycles. The summed E-state index contributed by atoms with van der Waals surface area (Å²) in [4.78, 5) is 12.0. The van der Waals surface area contributed by atoms with E-state index in [0.717, 1.165) is 27.3 Å². The number of hydrogen-bond acceptors (Lipinski definition) is 3. The number of carbonyl (C=O) groups is 1. The average Bonchev–Trinajstić information content (AvgIpc) is 3.00. The van der Waals surface area contributed by atoms with Crippen molar-refractivity contribution >= 4 is 22.8 Å². The number of furan rings is 1. The summed E-state index contributed by atoms with van der Waals surface area (Å²) in [5.74, 6) is 0.311. The number of amides is 2. The molecule has 120 valence electrons. The average molecular weight is 316 g/mol. The van der Waals surface area contributed by atoms with Gasteiger partial charge in [-0.3, -0.25) is 5.32 Å². The number of urea groups is 1. The number of nitrogens with one attached hydrogen (secondary N) is 2. The highest BCUT2D eigenvalue weighted by atomic mass is 19.1. The number of aromatic nitrogens is 2. The summed E-state index contributed by atoms with van der Waals surface area (Å²) in [6, 6.07) is 8.03. The number of anilines is 1. The van der Waals surface area contributed by atoms with E-state index in [-0.39, 0.29) is 11.9 Å². The SMILES string of the molecule is Cc1c([C@@H](C)NC(=O)Nc2cc(F)n(C)n2)oc2ccccc12. The molecule has 7 heteroatoms. The second kappa shape index (κ2) is 5.75. The van der Waals surface area contributed by atoms with Crippen LogP contribution in [-0.2, 0) is 7.05 Å². The molecule has 0 aliphatic heterocycles. The summed E-state index contributed by atoms with van der Waals surface area (Å²) in [6.07, 6.45) is 0. The van der Waals surface area contributed by atoms with Crippen LogP contribution in [0.3, 0.4) is 0 Å². The maximum absolute atomic E-state index is 13.2. The van der Waals surface area contributed by atoms with Crippen LogP contribution in [0.15, 0.2) is 34.7 Å². The van der Waals surface area contributed by atoms with Crippen molar-refractivity contribution in [2.24, 2.45) is 7.05 Å². The third kappa shape index (κ3) is 2.90. The molecule has 2 aromatic heterocycles. The Labute approximate surface area is 132 Å². The van der Waals surface area contributed by atoms with Crippen LogP contribution in [0.4, 0.5) is 15.0 Å². The zero-order valence-corrected chi connectivity index (χ0v) is 13.1. The molecule has 0 saturated heterocycles. The molecule has 0 spiro atoms. The minimum atomic E-state index is -0.526. The summed E-state index contributed by atoms with van der Waals surface area (Å²) in [7, 11) is 1.46. The fourth-order valence-electron chi connectivity index (χ4n) is 2.53. The Hall–Kier alpha value is -2.83. The molecule has 0 radical (unpaired) electrons. The molecule has 6 nitrogen and oxygen atoms in total. The summed E-state index contributed by atoms with van der Waals surface area (Å²) < 4.78 is 20.1. The fraction of sp³-hybridized carbons (Fsp3) is 0.250. The minimum absolute atomic E-state index is 0.149. The second-order valence-electron chi connectivity index (χ2n) is 5.38. The van der Waals surface area contributed by atoms with Crippen LogP contribution in [0.1, 0.15) is 24.3 Å². The van der Waals surface area contributed by atoms with Crippen molar-refractivity contribution in [3.63, 3.8) is 0 Å². The lowest BCUT2D eigenvalue weighted by Gasteiger charge is -2.12. The largest absolute Gasteiger partial charge is 0.459 e. The zero-order valence-electron chi connectivity index (χ0n) is 13.1. The molecule has 3 rings (SSSR count). The Morgan fingerprint density at radius 1 is 1.39 bits per heavy atom. The summed E-state index contributed by atoms with van der Waals surface area (Å²) in [5.41, 5.74) is 1.76. The number of hydrogen-bond donors (Lipinski definition) is 2. The predicted octanol–water partition coefficient (Wildman–Crippen LogP) is 3.50. The van der Waals surface area contributed by atoms with E-state index >= 15 is 0 Å². The summed E-state index contributed by atoms with van der Waals surface area (Å²) >= 11 is 0. The fourth-order valence-corrected chi connectivity index (χ4v) is 2.53. The highest BCUT2D eigenvalue weighted by Gasteiger charge is 2.18. The summed E-state index contributed by atoms with van der Waals surface area (Å²) in [5, 5.41) is 10.1. The van der Waals surface area contributed by atoms with Crippen molar-refractivity contribution < 1.29 is 13.6 Å². The van der Waals surface area contributed by atoms with Crippen molar-refractivity contribution in [2.75, 3.05) is 5.32 Å². The Bertz CT molecular complexity index is 849. The van der Waals surface area contributed by atoms with Gasteiger partial charge in [0, 0.05) is 24.1 Å². The van der Waals surface area contributed by atoms with Crippen LogP contribution in [0, 0.1) is 12.9 Å². The molecule has 0 fully saturated rings. The number of carbonyl (C=O) groups excluding carboxylic acids is 1. The smallest absolute Gasteiger partial charge is 0.321 e. The molecule has 0 unspecified atom stereocenters. The highest BCUT2D eigenvalue weighted by Crippen LogP contribution is 2.29. The van der Waals surface area contributed by atoms with Crippen LogP contribution in [-0.4, -0.2) is 15.8 Å². The Morgan fingerprint density at radius 2 is 2.13 bits per heavy atom. The van der Waals surface area contributed by atoms with E-state index in [1.807, 2.05) is 38.1 Å². The Balaban J connectivity index is 1.73. The third-order valence-corrected chi connectivity index (χ3v) is 3.69. The number of para-hydroxylation sites is 1. The minimum Gasteiger partial charge on any atom is -0.459 e. The van der Waals surface area contributed by atoms with E-state index in [9.17, 15) is 9.18 Å². The van der Waals surface area contributed by atoms with Crippen molar-refractivity contribution in [1.82, 2.24) is 15.1 Å². The molecule has 3 aromatic rings. The normalized spacial score (nSPS) is 12.3. The van der Waals surface area contributed by atoms with E-state index in [4.69, 9.17) is 4.42 Å². The van der Waals surface area contributed by atoms with Gasteiger partial charge in [-0.25, -0.2) is 9.48 Å². The van der Waals surface area contributed by atoms with Crippen molar-refractivity contribution in [3.05, 3.63) is 47.6 Å². The molecule has 2 heterocycles. The molecule has 0 bridgehead atoms. The predicted molar refractivity (Wildman–Crippen MR) is 84.7 cm³/mol. The second-order valence-corrected chi connectivity index (χ2v) is 5.38. The number of halogens is 1. The van der Waals surface area contributed by atoms with Crippen LogP contribution < -0.4 is 10.6 Å². The first kappa shape index (κ1) is 15.1. The lowest BCUT2D eigenvalue weighted by molar-refractivity contribution is 0.247. The maximum Gasteiger partial charge on any atom is 0.321 e. The van der Waals surface area contributed by atoms with E-state index in [2.05, 4.69) is 15.7 Å². The van der Waals surface area contributed by atoms with Gasteiger partial charge in [0.05, 0.1) is 6.04 Å². The number of nitrogens with zero attached hydrogens (tertiary/aromatic N) is 2. The molecular weight excluding hydrogens is 299 g/mol. The van der Waals surface area contributed by atoms with Gasteiger partial charge in [-0.2, -0.15) is 9.49 Å². The van der Waals surface area contributed by atoms with Crippen molar-refractivity contribution in [3.8, 4) is 0 Å². The first-order valence-electron chi connectivity index (χ1n) is 7.21. The lowest BCUT2D eigenvalue weighted by Crippen LogP contribution is -2.31. The first-order valence-corrected chi connectivity index (χ1v) is 7.21. The Kier molecular flexibility index (Phi) is 3.77. The number of fused-ring (bicyclic) bond motifs is 1. The summed E-state index contributed by atoms with van der Waals surface area (Å²) in [6.45, 7) is 3.77. The molecular formula is C16H17FN4O2. The number of aryl methyl sites for hydroxylation is 2. The zero-order chi connectivity index (χ0) is 16.6. The van der Waals surface area contributed by atoms with E-state index < -0.39 is 12.0 Å². The third-order valence-electron chi connectivity index (χ3n) is 3.69. The molecule has 0 saturated carbocycles. The van der Waals surface area contributed by atoms with Gasteiger partial charge < -0.3 is 9.73 Å². The molecule has 2 N–H and O–H groups in total. The van der Waals surface area contributed by atoms with Gasteiger partial charge in [-0.15, -0.1) is 0 Å². The monoisotopic (exact) mass is 316 g/mol. The maximum atomic E-state index is 13.2.